The van der Waals surface area contributed by atoms with Crippen LogP contribution in [0.25, 0.3) is 0 Å². The summed E-state index contributed by atoms with van der Waals surface area (Å²) in [5.41, 5.74) is 3.71. The second-order valence-electron chi connectivity index (χ2n) is 6.51. The number of aryl methyl sites for hydroxylation is 1. The van der Waals surface area contributed by atoms with Crippen LogP contribution >= 0.6 is 0 Å². The van der Waals surface area contributed by atoms with Crippen LogP contribution in [0.1, 0.15) is 23.1 Å². The lowest BCUT2D eigenvalue weighted by atomic mass is 10.1. The molecule has 0 unspecified atom stereocenters. The molecule has 0 aromatic heterocycles. The molecule has 3 nitrogen and oxygen atoms in total. The molecule has 0 spiro atoms. The second kappa shape index (κ2) is 10.4. The van der Waals surface area contributed by atoms with E-state index in [0.29, 0.717) is 6.61 Å². The maximum atomic E-state index is 5.84. The molecule has 1 N–H and O–H groups in total. The predicted molar refractivity (Wildman–Crippen MR) is 110 cm³/mol. The zero-order valence-electron chi connectivity index (χ0n) is 15.9. The zero-order valence-corrected chi connectivity index (χ0v) is 15.9. The highest BCUT2D eigenvalue weighted by molar-refractivity contribution is 5.33. The van der Waals surface area contributed by atoms with E-state index in [4.69, 9.17) is 9.47 Å². The quantitative estimate of drug-likeness (QED) is 0.516. The lowest BCUT2D eigenvalue weighted by Crippen LogP contribution is -2.15. The third-order valence-corrected chi connectivity index (χ3v) is 4.50. The van der Waals surface area contributed by atoms with Gasteiger partial charge in [-0.2, -0.15) is 0 Å². The number of benzene rings is 3. The van der Waals surface area contributed by atoms with E-state index in [1.165, 1.54) is 16.7 Å². The molecule has 0 heterocycles. The third-order valence-electron chi connectivity index (χ3n) is 4.50. The maximum Gasteiger partial charge on any atom is 0.123 e. The molecule has 0 aliphatic rings. The Balaban J connectivity index is 1.36. The molecular weight excluding hydrogens is 334 g/mol. The molecule has 0 saturated heterocycles. The maximum absolute atomic E-state index is 5.84. The number of methoxy groups -OCH3 is 1. The highest BCUT2D eigenvalue weighted by Crippen LogP contribution is 2.17. The molecule has 3 aromatic carbocycles. The number of hydrogen-bond acceptors (Lipinski definition) is 3. The van der Waals surface area contributed by atoms with Crippen molar-refractivity contribution in [3.05, 3.63) is 95.6 Å². The van der Waals surface area contributed by atoms with E-state index in [1.807, 2.05) is 36.4 Å². The van der Waals surface area contributed by atoms with Crippen LogP contribution in [0, 0.1) is 0 Å². The lowest BCUT2D eigenvalue weighted by molar-refractivity contribution is 0.306. The number of nitrogens with one attached hydrogen (secondary N) is 1. The summed E-state index contributed by atoms with van der Waals surface area (Å²) >= 11 is 0. The molecule has 0 bridgehead atoms. The van der Waals surface area contributed by atoms with Gasteiger partial charge in [0.15, 0.2) is 0 Å². The fourth-order valence-corrected chi connectivity index (χ4v) is 2.98. The first-order valence-corrected chi connectivity index (χ1v) is 9.43. The van der Waals surface area contributed by atoms with Gasteiger partial charge in [0.05, 0.1) is 7.11 Å². The number of ether oxygens (including phenoxy) is 2. The molecule has 27 heavy (non-hydrogen) atoms. The van der Waals surface area contributed by atoms with Gasteiger partial charge in [-0.3, -0.25) is 0 Å². The first kappa shape index (κ1) is 19.0. The minimum absolute atomic E-state index is 0.604. The van der Waals surface area contributed by atoms with Crippen molar-refractivity contribution in [1.29, 1.82) is 0 Å². The van der Waals surface area contributed by atoms with Crippen LogP contribution in [0.3, 0.4) is 0 Å². The van der Waals surface area contributed by atoms with Gasteiger partial charge >= 0.3 is 0 Å². The monoisotopic (exact) mass is 361 g/mol. The molecule has 0 amide bonds. The Hall–Kier alpha value is -2.78. The minimum atomic E-state index is 0.604. The first-order valence-electron chi connectivity index (χ1n) is 9.43. The van der Waals surface area contributed by atoms with E-state index in [-0.39, 0.29) is 0 Å². The highest BCUT2D eigenvalue weighted by Gasteiger charge is 2.01. The van der Waals surface area contributed by atoms with Crippen molar-refractivity contribution in [3.8, 4) is 11.5 Å². The molecule has 3 aromatic rings. The van der Waals surface area contributed by atoms with Gasteiger partial charge in [-0.1, -0.05) is 60.7 Å². The SMILES string of the molecule is COc1ccccc1CNCCCc1ccc(OCc2ccccc2)cc1. The average molecular weight is 361 g/mol. The van der Waals surface area contributed by atoms with Crippen molar-refractivity contribution in [1.82, 2.24) is 5.32 Å². The fraction of sp³-hybridized carbons (Fsp3) is 0.250. The van der Waals surface area contributed by atoms with Gasteiger partial charge < -0.3 is 14.8 Å². The molecule has 0 aliphatic carbocycles. The van der Waals surface area contributed by atoms with E-state index in [2.05, 4.69) is 47.8 Å². The van der Waals surface area contributed by atoms with Crippen molar-refractivity contribution in [2.45, 2.75) is 26.0 Å². The lowest BCUT2D eigenvalue weighted by Gasteiger charge is -2.10. The van der Waals surface area contributed by atoms with Gasteiger partial charge in [-0.25, -0.2) is 0 Å². The first-order chi connectivity index (χ1) is 13.3. The number of rotatable bonds is 10. The van der Waals surface area contributed by atoms with Crippen LogP contribution in [-0.2, 0) is 19.6 Å². The van der Waals surface area contributed by atoms with Gasteiger partial charge in [0.2, 0.25) is 0 Å². The molecule has 0 atom stereocenters. The second-order valence-corrected chi connectivity index (χ2v) is 6.51. The summed E-state index contributed by atoms with van der Waals surface area (Å²) in [7, 11) is 1.71. The Morgan fingerprint density at radius 1 is 0.778 bits per heavy atom. The summed E-state index contributed by atoms with van der Waals surface area (Å²) in [5.74, 6) is 1.85. The van der Waals surface area contributed by atoms with Crippen molar-refractivity contribution in [2.24, 2.45) is 0 Å². The summed E-state index contributed by atoms with van der Waals surface area (Å²) in [4.78, 5) is 0. The zero-order chi connectivity index (χ0) is 18.7. The Kier molecular flexibility index (Phi) is 7.31. The number of hydrogen-bond donors (Lipinski definition) is 1. The molecule has 0 saturated carbocycles. The van der Waals surface area contributed by atoms with Gasteiger partial charge in [-0.15, -0.1) is 0 Å². The Labute approximate surface area is 162 Å². The largest absolute Gasteiger partial charge is 0.496 e. The third kappa shape index (κ3) is 6.15. The summed E-state index contributed by atoms with van der Waals surface area (Å²) in [6, 6.07) is 26.8. The summed E-state index contributed by atoms with van der Waals surface area (Å²) in [6.07, 6.45) is 2.15. The summed E-state index contributed by atoms with van der Waals surface area (Å²) in [6.45, 7) is 2.41. The summed E-state index contributed by atoms with van der Waals surface area (Å²) < 4.78 is 11.2. The topological polar surface area (TPSA) is 30.5 Å². The highest BCUT2D eigenvalue weighted by atomic mass is 16.5. The molecule has 0 fully saturated rings. The van der Waals surface area contributed by atoms with Gasteiger partial charge in [0, 0.05) is 12.1 Å². The molecule has 3 rings (SSSR count). The van der Waals surface area contributed by atoms with Crippen LogP contribution in [-0.4, -0.2) is 13.7 Å². The smallest absolute Gasteiger partial charge is 0.123 e. The van der Waals surface area contributed by atoms with Crippen LogP contribution in [0.5, 0.6) is 11.5 Å². The van der Waals surface area contributed by atoms with Crippen LogP contribution in [0.2, 0.25) is 0 Å². The Morgan fingerprint density at radius 3 is 2.30 bits per heavy atom. The van der Waals surface area contributed by atoms with Crippen LogP contribution < -0.4 is 14.8 Å². The molecular formula is C24H27NO2. The number of para-hydroxylation sites is 1. The van der Waals surface area contributed by atoms with Crippen LogP contribution in [0.4, 0.5) is 0 Å². The van der Waals surface area contributed by atoms with Gasteiger partial charge in [0.1, 0.15) is 18.1 Å². The molecule has 0 radical (unpaired) electrons. The van der Waals surface area contributed by atoms with E-state index >= 15 is 0 Å². The Morgan fingerprint density at radius 2 is 1.52 bits per heavy atom. The van der Waals surface area contributed by atoms with Crippen molar-refractivity contribution >= 4 is 0 Å². The van der Waals surface area contributed by atoms with E-state index < -0.39 is 0 Å². The minimum Gasteiger partial charge on any atom is -0.496 e. The van der Waals surface area contributed by atoms with Gasteiger partial charge in [-0.05, 0) is 48.7 Å². The van der Waals surface area contributed by atoms with Gasteiger partial charge in [0.25, 0.3) is 0 Å². The van der Waals surface area contributed by atoms with Crippen molar-refractivity contribution in [2.75, 3.05) is 13.7 Å². The predicted octanol–water partition coefficient (Wildman–Crippen LogP) is 5.00. The van der Waals surface area contributed by atoms with E-state index in [0.717, 1.165) is 37.4 Å². The van der Waals surface area contributed by atoms with Crippen molar-refractivity contribution < 1.29 is 9.47 Å². The fourth-order valence-electron chi connectivity index (χ4n) is 2.98. The van der Waals surface area contributed by atoms with Crippen molar-refractivity contribution in [3.63, 3.8) is 0 Å². The summed E-state index contributed by atoms with van der Waals surface area (Å²) in [5, 5.41) is 3.49. The average Bonchev–Trinajstić information content (AvgIpc) is 2.74. The van der Waals surface area contributed by atoms with E-state index in [1.54, 1.807) is 7.11 Å². The standard InChI is InChI=1S/C24H27NO2/c1-26-24-12-6-5-11-22(24)18-25-17-7-10-20-13-15-23(16-14-20)27-19-21-8-3-2-4-9-21/h2-6,8-9,11-16,25H,7,10,17-19H2,1H3. The Bertz CT molecular complexity index is 800. The molecule has 3 heteroatoms. The molecule has 140 valence electrons. The van der Waals surface area contributed by atoms with Crippen LogP contribution in [0.15, 0.2) is 78.9 Å². The van der Waals surface area contributed by atoms with E-state index in [9.17, 15) is 0 Å². The molecule has 0 aliphatic heterocycles. The normalized spacial score (nSPS) is 10.6.